The molecule has 46 nitrogen and oxygen atoms in total. The average molecular weight is 1720 g/mol. The van der Waals surface area contributed by atoms with E-state index in [1.165, 1.54) is 38.1 Å². The largest absolute Gasteiger partial charge is 0.507 e. The highest BCUT2D eigenvalue weighted by Gasteiger charge is 2.31. The van der Waals surface area contributed by atoms with Gasteiger partial charge in [-0.1, -0.05) is 15.1 Å². The molecule has 0 spiro atoms. The molecule has 0 saturated heterocycles. The number of nitrogen functional groups attached to an aromatic ring is 1. The van der Waals surface area contributed by atoms with Gasteiger partial charge in [0.2, 0.25) is 0 Å². The zero-order valence-electron chi connectivity index (χ0n) is 55.0. The lowest BCUT2D eigenvalue weighted by Crippen LogP contribution is -2.03. The van der Waals surface area contributed by atoms with Crippen molar-refractivity contribution in [2.75, 3.05) is 30.5 Å². The van der Waals surface area contributed by atoms with Gasteiger partial charge in [0.1, 0.15) is 81.5 Å². The maximum absolute atomic E-state index is 13.4. The second kappa shape index (κ2) is 34.8. The Morgan fingerprint density at radius 3 is 1.45 bits per heavy atom. The van der Waals surface area contributed by atoms with Crippen LogP contribution in [0.1, 0.15) is 24.0 Å². The molecule has 0 aliphatic carbocycles. The van der Waals surface area contributed by atoms with E-state index >= 15 is 0 Å². The topological polar surface area (TPSA) is 714 Å². The number of nitro groups is 1. The molecular formula is C56H48N12O34S9. The summed E-state index contributed by atoms with van der Waals surface area (Å²) in [4.78, 5) is 2.82. The third-order valence-electron chi connectivity index (χ3n) is 14.7. The number of ether oxygens (including phenoxy) is 2. The second-order valence-corrected chi connectivity index (χ2v) is 32.5. The molecule has 0 unspecified atom stereocenters. The number of fused-ring (bicyclic) bond motifs is 3. The van der Waals surface area contributed by atoms with Crippen molar-refractivity contribution >= 4 is 197 Å². The third kappa shape index (κ3) is 20.3. The number of nitrogens with two attached hydrogens (primary N) is 1. The first-order valence-electron chi connectivity index (χ1n) is 29.4. The molecule has 0 bridgehead atoms. The van der Waals surface area contributed by atoms with Gasteiger partial charge in [-0.05, 0) is 105 Å². The summed E-state index contributed by atoms with van der Waals surface area (Å²) in [6.07, 6.45) is 0.364. The summed E-state index contributed by atoms with van der Waals surface area (Å²) < 4.78 is 239. The number of benzene rings is 9. The number of hydrogen-bond donors (Lipinski definition) is 13. The lowest BCUT2D eigenvalue weighted by Gasteiger charge is -2.15. The quantitative estimate of drug-likeness (QED) is 0.00260. The predicted octanol–water partition coefficient (Wildman–Crippen LogP) is 14.0. The smallest absolute Gasteiger partial charge is 0.297 e. The van der Waals surface area contributed by atoms with Crippen LogP contribution in [0.4, 0.5) is 68.2 Å². The maximum Gasteiger partial charge on any atom is 0.297 e. The molecular weight excluding hydrogens is 1670 g/mol. The molecule has 0 atom stereocenters. The van der Waals surface area contributed by atoms with Crippen molar-refractivity contribution in [3.63, 3.8) is 0 Å². The van der Waals surface area contributed by atoms with Crippen molar-refractivity contribution < 1.29 is 151 Å². The van der Waals surface area contributed by atoms with E-state index in [-0.39, 0.29) is 95.1 Å². The van der Waals surface area contributed by atoms with E-state index in [0.29, 0.717) is 66.0 Å². The molecule has 14 N–H and O–H groups in total. The van der Waals surface area contributed by atoms with Gasteiger partial charge in [-0.15, -0.1) is 53.9 Å². The highest BCUT2D eigenvalue weighted by molar-refractivity contribution is 7.95. The Hall–Kier alpha value is -9.89. The summed E-state index contributed by atoms with van der Waals surface area (Å²) in [5.41, 5.74) is 0.0672. The molecule has 9 aromatic rings. The molecule has 0 aliphatic heterocycles. The lowest BCUT2D eigenvalue weighted by molar-refractivity contribution is -0.432. The molecule has 0 saturated carbocycles. The van der Waals surface area contributed by atoms with Gasteiger partial charge in [0.25, 0.3) is 66.4 Å². The average Bonchev–Trinajstić information content (AvgIpc) is 0.745. The third-order valence-corrected chi connectivity index (χ3v) is 21.9. The molecule has 0 aliphatic rings. The van der Waals surface area contributed by atoms with Crippen LogP contribution in [-0.4, -0.2) is 139 Å². The highest BCUT2D eigenvalue weighted by atomic mass is 32.2. The summed E-state index contributed by atoms with van der Waals surface area (Å²) >= 11 is 1.31. The first-order chi connectivity index (χ1) is 52.1. The number of azo groups is 5. The number of hydrogen-bond acceptors (Lipinski definition) is 42. The molecule has 0 radical (unpaired) electrons. The molecule has 55 heteroatoms. The first-order valence-corrected chi connectivity index (χ1v) is 40.6. The van der Waals surface area contributed by atoms with Gasteiger partial charge < -0.3 is 30.5 Å². The number of aryl methyl sites for hydroxylation is 2. The molecule has 9 rings (SSSR count). The Labute approximate surface area is 634 Å². The molecule has 0 amide bonds. The molecule has 0 aromatic heterocycles. The Morgan fingerprint density at radius 2 is 0.919 bits per heavy atom. The van der Waals surface area contributed by atoms with Gasteiger partial charge in [0, 0.05) is 87.5 Å². The van der Waals surface area contributed by atoms with Crippen LogP contribution in [0, 0.1) is 24.0 Å². The van der Waals surface area contributed by atoms with Gasteiger partial charge in [0.05, 0.1) is 73.5 Å². The maximum atomic E-state index is 13.4. The summed E-state index contributed by atoms with van der Waals surface area (Å²) in [6, 6.07) is 13.5. The van der Waals surface area contributed by atoms with Crippen LogP contribution in [0.3, 0.4) is 0 Å². The summed E-state index contributed by atoms with van der Waals surface area (Å²) in [6.45, 7) is 2.72. The summed E-state index contributed by atoms with van der Waals surface area (Å²) in [5, 5.41) is 119. The van der Waals surface area contributed by atoms with E-state index in [4.69, 9.17) is 31.0 Å². The molecule has 9 aromatic carbocycles. The second-order valence-electron chi connectivity index (χ2n) is 21.9. The van der Waals surface area contributed by atoms with Gasteiger partial charge in [0.15, 0.2) is 11.5 Å². The number of nitro benzene ring substituents is 1. The fraction of sp³-hybridized carbons (Fsp3) is 0.143. The Balaban J connectivity index is 1.12. The van der Waals surface area contributed by atoms with Crippen LogP contribution in [0.2, 0.25) is 0 Å². The number of phenolic OH excluding ortho intramolecular Hbond substituents is 3. The van der Waals surface area contributed by atoms with E-state index in [9.17, 15) is 103 Å². The predicted molar refractivity (Wildman–Crippen MR) is 382 cm³/mol. The van der Waals surface area contributed by atoms with Crippen LogP contribution in [-0.2, 0) is 88.8 Å². The monoisotopic (exact) mass is 1720 g/mol. The van der Waals surface area contributed by atoms with Crippen molar-refractivity contribution in [3.8, 4) is 28.7 Å². The van der Waals surface area contributed by atoms with E-state index in [2.05, 4.69) is 79.3 Å². The van der Waals surface area contributed by atoms with E-state index in [0.717, 1.165) is 36.4 Å². The van der Waals surface area contributed by atoms with Crippen LogP contribution in [0.5, 0.6) is 28.7 Å². The molecule has 0 heterocycles. The van der Waals surface area contributed by atoms with Crippen LogP contribution < -0.4 is 15.2 Å². The Morgan fingerprint density at radius 1 is 0.432 bits per heavy atom. The number of nitrogens with zero attached hydrogens (tertiary/aromatic N) is 11. The number of phenols is 3. The lowest BCUT2D eigenvalue weighted by atomic mass is 10.0. The number of anilines is 1. The zero-order valence-corrected chi connectivity index (χ0v) is 62.3. The van der Waals surface area contributed by atoms with E-state index in [1.807, 2.05) is 0 Å². The fourth-order valence-corrected chi connectivity index (χ4v) is 15.2. The SMILES string of the molecule is Cc1cc(N=Nc2c(S(=O)(=O)O)cc3c(S(=O)(=O)O)c(N=Nc4cc(S(=O)(=O)O)c5cc(SOOO)c(N=Nc6ccc([N+](=O)[O-])cc6S(=O)(=O)O)c(O)c5c4N)ccc3c2O)c(OCCCSOOO)cc1N=Nc1cc(C)c(N=Nc2ccc(S(=O)(=O)O)c3cc(S(=O)(=O)O)cc(O)c23)cc1OCCCSOOO. The Bertz CT molecular complexity index is 6140. The number of aromatic hydroxyl groups is 3. The van der Waals surface area contributed by atoms with Crippen molar-refractivity contribution in [3.05, 3.63) is 118 Å². The van der Waals surface area contributed by atoms with Crippen LogP contribution in [0.15, 0.2) is 182 Å². The van der Waals surface area contributed by atoms with Gasteiger partial charge >= 0.3 is 0 Å². The van der Waals surface area contributed by atoms with E-state index in [1.54, 1.807) is 0 Å². The molecule has 111 heavy (non-hydrogen) atoms. The Kier molecular flexibility index (Phi) is 26.7. The summed E-state index contributed by atoms with van der Waals surface area (Å²) in [7, 11) is -32.4. The van der Waals surface area contributed by atoms with Crippen LogP contribution >= 0.6 is 36.1 Å². The van der Waals surface area contributed by atoms with Gasteiger partial charge in [-0.2, -0.15) is 60.7 Å². The standard InChI is InChI=1S/C56H48N12O34S9/c1-25-15-38(42(95-11-3-13-103-100-97-74)22-36(25)61-59-34-9-10-45(107(80,81)82)31-18-28(106(77,78)79)19-41(69)49(31)34)63-62-37-23-43(96-12-4-14-104-101-98-75)39(16-26(37)2)64-67-53-48(110(89,90)91)21-30-29(54(53)70)6-8-35(56(30)111(92,93)94)60-65-40-24-46(108(83,84)85)32-20-44(105-102-99-76)52(55(71)50(32)51(40)57)66-58-33-7-5-27(68(72)73)17-47(33)109(86,87)88/h5-10,15-24,69-71,74-76H,3-4,11-14,57H2,1-2H3,(H,77,78,79)(H,80,81,82)(H,83,84,85)(H,86,87,88)(H,89,90,91)(H,92,93,94). The van der Waals surface area contributed by atoms with Crippen molar-refractivity contribution in [1.29, 1.82) is 0 Å². The van der Waals surface area contributed by atoms with Crippen molar-refractivity contribution in [2.45, 2.75) is 61.0 Å². The first kappa shape index (κ1) is 85.1. The number of rotatable bonds is 34. The van der Waals surface area contributed by atoms with Gasteiger partial charge in [-0.25, -0.2) is 15.8 Å². The normalized spacial score (nSPS) is 12.9. The fourth-order valence-electron chi connectivity index (χ4n) is 9.97. The van der Waals surface area contributed by atoms with Gasteiger partial charge in [-0.3, -0.25) is 37.4 Å². The van der Waals surface area contributed by atoms with Crippen LogP contribution in [0.25, 0.3) is 32.3 Å². The van der Waals surface area contributed by atoms with Crippen molar-refractivity contribution in [2.24, 2.45) is 51.1 Å². The minimum Gasteiger partial charge on any atom is -0.507 e. The minimum absolute atomic E-state index is 0.00659. The zero-order chi connectivity index (χ0) is 81.5. The van der Waals surface area contributed by atoms with E-state index < -0.39 is 189 Å². The number of non-ortho nitro benzene ring substituents is 1. The molecule has 0 fully saturated rings. The highest BCUT2D eigenvalue weighted by Crippen LogP contribution is 2.52. The summed E-state index contributed by atoms with van der Waals surface area (Å²) in [5.74, 6) is -3.34. The van der Waals surface area contributed by atoms with Crippen molar-refractivity contribution in [1.82, 2.24) is 0 Å². The minimum atomic E-state index is -5.75. The molecule has 590 valence electrons.